The summed E-state index contributed by atoms with van der Waals surface area (Å²) in [4.78, 5) is 13.3. The molecule has 2 N–H and O–H groups in total. The van der Waals surface area contributed by atoms with Crippen molar-refractivity contribution in [3.8, 4) is 11.3 Å². The van der Waals surface area contributed by atoms with Gasteiger partial charge in [-0.2, -0.15) is 0 Å². The van der Waals surface area contributed by atoms with Crippen molar-refractivity contribution in [2.24, 2.45) is 0 Å². The molecule has 2 aliphatic rings. The summed E-state index contributed by atoms with van der Waals surface area (Å²) in [5.74, 6) is 0.640. The Bertz CT molecular complexity index is 1010. The van der Waals surface area contributed by atoms with Crippen molar-refractivity contribution in [3.63, 3.8) is 0 Å². The van der Waals surface area contributed by atoms with Gasteiger partial charge in [-0.25, -0.2) is 9.97 Å². The number of fused-ring (bicyclic) bond motifs is 1. The topological polar surface area (TPSA) is 72.7 Å². The first kappa shape index (κ1) is 17.6. The molecule has 3 aromatic rings. The van der Waals surface area contributed by atoms with Gasteiger partial charge in [-0.1, -0.05) is 36.4 Å². The van der Waals surface area contributed by atoms with Crippen LogP contribution in [0.25, 0.3) is 22.0 Å². The van der Waals surface area contributed by atoms with E-state index in [1.165, 1.54) is 10.8 Å². The zero-order valence-corrected chi connectivity index (χ0v) is 15.7. The molecule has 0 bridgehead atoms. The van der Waals surface area contributed by atoms with E-state index in [0.29, 0.717) is 32.0 Å². The van der Waals surface area contributed by atoms with Crippen molar-refractivity contribution in [1.29, 1.82) is 0 Å². The van der Waals surface area contributed by atoms with Crippen molar-refractivity contribution in [3.05, 3.63) is 54.7 Å². The van der Waals surface area contributed by atoms with Crippen LogP contribution < -0.4 is 4.90 Å². The average molecular weight is 376 g/mol. The third-order valence-electron chi connectivity index (χ3n) is 5.95. The van der Waals surface area contributed by atoms with Gasteiger partial charge in [0, 0.05) is 37.8 Å². The largest absolute Gasteiger partial charge is 0.392 e. The predicted molar refractivity (Wildman–Crippen MR) is 109 cm³/mol. The van der Waals surface area contributed by atoms with E-state index >= 15 is 0 Å². The van der Waals surface area contributed by atoms with Gasteiger partial charge in [0.2, 0.25) is 5.95 Å². The second kappa shape index (κ2) is 6.81. The number of likely N-dealkylation sites (tertiary alicyclic amines) is 1. The minimum absolute atomic E-state index is 0.342. The third-order valence-corrected chi connectivity index (χ3v) is 5.95. The van der Waals surface area contributed by atoms with Crippen LogP contribution in [0.15, 0.2) is 54.7 Å². The Labute approximate surface area is 164 Å². The van der Waals surface area contributed by atoms with Gasteiger partial charge < -0.3 is 15.1 Å². The summed E-state index contributed by atoms with van der Waals surface area (Å²) in [6, 6.07) is 16.5. The van der Waals surface area contributed by atoms with Crippen LogP contribution in [0, 0.1) is 0 Å². The van der Waals surface area contributed by atoms with Gasteiger partial charge >= 0.3 is 0 Å². The first-order valence-electron chi connectivity index (χ1n) is 9.83. The van der Waals surface area contributed by atoms with Crippen molar-refractivity contribution >= 4 is 16.7 Å². The van der Waals surface area contributed by atoms with Gasteiger partial charge in [-0.3, -0.25) is 4.90 Å². The Morgan fingerprint density at radius 2 is 1.89 bits per heavy atom. The highest BCUT2D eigenvalue weighted by atomic mass is 16.3. The van der Waals surface area contributed by atoms with Gasteiger partial charge in [0.1, 0.15) is 5.72 Å². The maximum absolute atomic E-state index is 11.1. The summed E-state index contributed by atoms with van der Waals surface area (Å²) < 4.78 is 0. The number of β-amino-alcohol motifs (C(OH)–C–C–N with tert-alkyl or cyclic N) is 2. The fourth-order valence-electron chi connectivity index (χ4n) is 4.34. The van der Waals surface area contributed by atoms with Gasteiger partial charge in [-0.15, -0.1) is 0 Å². The van der Waals surface area contributed by atoms with Gasteiger partial charge in [-0.05, 0) is 29.3 Å². The van der Waals surface area contributed by atoms with Crippen LogP contribution in [0.4, 0.5) is 5.95 Å². The van der Waals surface area contributed by atoms with E-state index in [2.05, 4.69) is 35.3 Å². The molecule has 0 radical (unpaired) electrons. The highest BCUT2D eigenvalue weighted by molar-refractivity contribution is 5.86. The fraction of sp³-hybridized carbons (Fsp3) is 0.364. The Balaban J connectivity index is 1.40. The first-order chi connectivity index (χ1) is 13.6. The van der Waals surface area contributed by atoms with E-state index in [1.54, 1.807) is 6.20 Å². The van der Waals surface area contributed by atoms with Crippen LogP contribution in [0.1, 0.15) is 12.8 Å². The summed E-state index contributed by atoms with van der Waals surface area (Å²) in [5.41, 5.74) is 1.02. The lowest BCUT2D eigenvalue weighted by Crippen LogP contribution is -2.50. The monoisotopic (exact) mass is 376 g/mol. The van der Waals surface area contributed by atoms with Crippen LogP contribution >= 0.6 is 0 Å². The third kappa shape index (κ3) is 3.13. The lowest BCUT2D eigenvalue weighted by molar-refractivity contribution is -0.0826. The quantitative estimate of drug-likeness (QED) is 0.731. The van der Waals surface area contributed by atoms with E-state index in [4.69, 9.17) is 4.98 Å². The molecule has 144 valence electrons. The van der Waals surface area contributed by atoms with E-state index in [0.717, 1.165) is 24.2 Å². The molecule has 6 nitrogen and oxygen atoms in total. The van der Waals surface area contributed by atoms with Crippen LogP contribution in [0.5, 0.6) is 0 Å². The first-order valence-corrected chi connectivity index (χ1v) is 9.83. The maximum atomic E-state index is 11.1. The summed E-state index contributed by atoms with van der Waals surface area (Å²) >= 11 is 0. The van der Waals surface area contributed by atoms with E-state index in [1.807, 2.05) is 28.0 Å². The second-order valence-corrected chi connectivity index (χ2v) is 7.85. The second-order valence-electron chi connectivity index (χ2n) is 7.85. The number of aliphatic hydroxyl groups is 2. The molecule has 0 spiro atoms. The molecule has 2 aliphatic heterocycles. The SMILES string of the molecule is O[C@@H]1CCN([C@]2(O)CCN(c3nccc(-c4ccc5ccccc5c4)n3)C2)C1. The fourth-order valence-corrected chi connectivity index (χ4v) is 4.34. The molecule has 0 aliphatic carbocycles. The number of anilines is 1. The average Bonchev–Trinajstić information content (AvgIpc) is 3.35. The maximum Gasteiger partial charge on any atom is 0.226 e. The molecule has 0 saturated carbocycles. The van der Waals surface area contributed by atoms with Crippen molar-refractivity contribution in [2.75, 3.05) is 31.1 Å². The number of nitrogens with zero attached hydrogens (tertiary/aromatic N) is 4. The molecule has 5 rings (SSSR count). The summed E-state index contributed by atoms with van der Waals surface area (Å²) in [6.07, 6.45) is 2.79. The molecule has 6 heteroatoms. The molecule has 3 heterocycles. The molecular formula is C22H24N4O2. The number of rotatable bonds is 3. The predicted octanol–water partition coefficient (Wildman–Crippen LogP) is 2.26. The van der Waals surface area contributed by atoms with Crippen molar-refractivity contribution < 1.29 is 10.2 Å². The molecule has 28 heavy (non-hydrogen) atoms. The number of hydrogen-bond acceptors (Lipinski definition) is 6. The Morgan fingerprint density at radius 1 is 1.04 bits per heavy atom. The Hall–Kier alpha value is -2.54. The molecule has 0 unspecified atom stereocenters. The standard InChI is InChI=1S/C22H24N4O2/c27-19-8-11-26(14-19)22(28)9-12-25(15-22)21-23-10-7-20(24-21)18-6-5-16-3-1-2-4-17(16)13-18/h1-7,10,13,19,27-28H,8-9,11-12,14-15H2/t19-,22+/m1/s1. The highest BCUT2D eigenvalue weighted by Gasteiger charge is 2.44. The molecule has 1 aromatic heterocycles. The summed E-state index contributed by atoms with van der Waals surface area (Å²) in [7, 11) is 0. The van der Waals surface area contributed by atoms with Crippen molar-refractivity contribution in [1.82, 2.24) is 14.9 Å². The summed E-state index contributed by atoms with van der Waals surface area (Å²) in [6.45, 7) is 2.41. The Morgan fingerprint density at radius 3 is 2.71 bits per heavy atom. The molecule has 2 saturated heterocycles. The lowest BCUT2D eigenvalue weighted by Gasteiger charge is -2.33. The number of aliphatic hydroxyl groups excluding tert-OH is 1. The van der Waals surface area contributed by atoms with Gasteiger partial charge in [0.25, 0.3) is 0 Å². The van der Waals surface area contributed by atoms with Crippen LogP contribution in [0.2, 0.25) is 0 Å². The van der Waals surface area contributed by atoms with Gasteiger partial charge in [0.15, 0.2) is 0 Å². The number of benzene rings is 2. The highest BCUT2D eigenvalue weighted by Crippen LogP contribution is 2.31. The molecular weight excluding hydrogens is 352 g/mol. The van der Waals surface area contributed by atoms with Crippen molar-refractivity contribution in [2.45, 2.75) is 24.7 Å². The Kier molecular flexibility index (Phi) is 4.27. The van der Waals surface area contributed by atoms with E-state index in [9.17, 15) is 10.2 Å². The minimum Gasteiger partial charge on any atom is -0.392 e. The van der Waals surface area contributed by atoms with E-state index in [-0.39, 0.29) is 6.10 Å². The normalized spacial score (nSPS) is 25.6. The molecule has 0 amide bonds. The minimum atomic E-state index is -0.917. The molecule has 2 atom stereocenters. The summed E-state index contributed by atoms with van der Waals surface area (Å²) in [5, 5.41) is 23.3. The molecule has 2 fully saturated rings. The molecule has 2 aromatic carbocycles. The van der Waals surface area contributed by atoms with E-state index < -0.39 is 5.72 Å². The number of aromatic nitrogens is 2. The zero-order chi connectivity index (χ0) is 19.1. The van der Waals surface area contributed by atoms with Crippen LogP contribution in [0.3, 0.4) is 0 Å². The zero-order valence-electron chi connectivity index (χ0n) is 15.7. The van der Waals surface area contributed by atoms with Crippen LogP contribution in [-0.4, -0.2) is 63.1 Å². The number of hydrogen-bond donors (Lipinski definition) is 2. The van der Waals surface area contributed by atoms with Crippen LogP contribution in [-0.2, 0) is 0 Å². The smallest absolute Gasteiger partial charge is 0.226 e. The lowest BCUT2D eigenvalue weighted by atomic mass is 10.1. The van der Waals surface area contributed by atoms with Gasteiger partial charge in [0.05, 0.1) is 18.3 Å².